The summed E-state index contributed by atoms with van der Waals surface area (Å²) in [6.45, 7) is 13.5. The van der Waals surface area contributed by atoms with Gasteiger partial charge < -0.3 is 10.1 Å². The zero-order valence-corrected chi connectivity index (χ0v) is 14.5. The van der Waals surface area contributed by atoms with Crippen molar-refractivity contribution in [1.29, 1.82) is 0 Å². The van der Waals surface area contributed by atoms with Gasteiger partial charge in [-0.2, -0.15) is 0 Å². The smallest absolute Gasteiger partial charge is 0.206 e. The molecule has 1 aromatic carbocycles. The van der Waals surface area contributed by atoms with Gasteiger partial charge in [0.05, 0.1) is 0 Å². The number of nitrogens with one attached hydrogen (secondary N) is 1. The van der Waals surface area contributed by atoms with Crippen LogP contribution in [0.15, 0.2) is 24.8 Å². The Morgan fingerprint density at radius 1 is 1.27 bits per heavy atom. The molecule has 0 aliphatic carbocycles. The van der Waals surface area contributed by atoms with E-state index in [1.54, 1.807) is 17.4 Å². The van der Waals surface area contributed by atoms with E-state index in [2.05, 4.69) is 48.1 Å². The minimum atomic E-state index is 0.517. The van der Waals surface area contributed by atoms with Crippen LogP contribution in [0.2, 0.25) is 0 Å². The summed E-state index contributed by atoms with van der Waals surface area (Å²) in [5.74, 6) is 1.50. The highest BCUT2D eigenvalue weighted by Crippen LogP contribution is 2.32. The number of rotatable bonds is 7. The Hall–Kier alpha value is -1.88. The molecule has 118 valence electrons. The van der Waals surface area contributed by atoms with Crippen LogP contribution in [0.3, 0.4) is 0 Å². The number of aryl methyl sites for hydroxylation is 2. The van der Waals surface area contributed by atoms with E-state index in [1.165, 1.54) is 0 Å². The molecule has 0 unspecified atom stereocenters. The van der Waals surface area contributed by atoms with Crippen LogP contribution in [-0.2, 0) is 0 Å². The highest BCUT2D eigenvalue weighted by molar-refractivity contribution is 7.18. The summed E-state index contributed by atoms with van der Waals surface area (Å²) >= 11 is 1.58. The Morgan fingerprint density at radius 3 is 2.55 bits per heavy atom. The van der Waals surface area contributed by atoms with Gasteiger partial charge in [0.25, 0.3) is 0 Å². The molecule has 0 fully saturated rings. The molecule has 0 spiro atoms. The second-order valence-electron chi connectivity index (χ2n) is 5.73. The summed E-state index contributed by atoms with van der Waals surface area (Å²) in [4.78, 5) is 0. The molecule has 0 aliphatic heterocycles. The Morgan fingerprint density at radius 2 is 1.95 bits per heavy atom. The van der Waals surface area contributed by atoms with Crippen molar-refractivity contribution in [2.45, 2.75) is 27.7 Å². The maximum atomic E-state index is 5.71. The lowest BCUT2D eigenvalue weighted by atomic mass is 10.1. The van der Waals surface area contributed by atoms with E-state index in [9.17, 15) is 0 Å². The molecule has 0 amide bonds. The number of benzene rings is 1. The van der Waals surface area contributed by atoms with Gasteiger partial charge in [-0.1, -0.05) is 37.8 Å². The van der Waals surface area contributed by atoms with Crippen LogP contribution in [0.5, 0.6) is 5.75 Å². The van der Waals surface area contributed by atoms with E-state index < -0.39 is 0 Å². The number of anilines is 1. The van der Waals surface area contributed by atoms with Crippen LogP contribution in [0.1, 0.15) is 25.0 Å². The summed E-state index contributed by atoms with van der Waals surface area (Å²) in [7, 11) is 0. The van der Waals surface area contributed by atoms with Gasteiger partial charge in [0, 0.05) is 12.1 Å². The maximum absolute atomic E-state index is 5.71. The molecule has 1 aromatic heterocycles. The lowest BCUT2D eigenvalue weighted by Crippen LogP contribution is -2.07. The van der Waals surface area contributed by atoms with Crippen molar-refractivity contribution < 1.29 is 4.74 Å². The minimum absolute atomic E-state index is 0.517. The van der Waals surface area contributed by atoms with E-state index in [0.717, 1.165) is 39.1 Å². The van der Waals surface area contributed by atoms with Gasteiger partial charge in [-0.05, 0) is 43.0 Å². The van der Waals surface area contributed by atoms with Crippen molar-refractivity contribution in [2.24, 2.45) is 5.92 Å². The molecule has 22 heavy (non-hydrogen) atoms. The van der Waals surface area contributed by atoms with Gasteiger partial charge in [0.2, 0.25) is 5.13 Å². The molecule has 2 aromatic rings. The molecule has 0 radical (unpaired) electrons. The Kier molecular flexibility index (Phi) is 5.55. The minimum Gasteiger partial charge on any atom is -0.489 e. The molecule has 4 nitrogen and oxygen atoms in total. The van der Waals surface area contributed by atoms with Crippen molar-refractivity contribution in [3.8, 4) is 16.3 Å². The van der Waals surface area contributed by atoms with Gasteiger partial charge in [0.1, 0.15) is 17.4 Å². The van der Waals surface area contributed by atoms with Crippen LogP contribution >= 0.6 is 11.3 Å². The zero-order valence-electron chi connectivity index (χ0n) is 13.6. The van der Waals surface area contributed by atoms with Crippen LogP contribution in [0, 0.1) is 19.8 Å². The first-order chi connectivity index (χ1) is 10.5. The predicted molar refractivity (Wildman–Crippen MR) is 93.8 cm³/mol. The molecule has 0 saturated carbocycles. The van der Waals surface area contributed by atoms with Crippen LogP contribution in [-0.4, -0.2) is 23.3 Å². The molecule has 2 rings (SSSR count). The van der Waals surface area contributed by atoms with E-state index in [1.807, 2.05) is 13.8 Å². The lowest BCUT2D eigenvalue weighted by molar-refractivity contribution is 0.358. The second kappa shape index (κ2) is 7.40. The molecule has 1 N–H and O–H groups in total. The van der Waals surface area contributed by atoms with Gasteiger partial charge in [-0.3, -0.25) is 0 Å². The van der Waals surface area contributed by atoms with Crippen molar-refractivity contribution in [2.75, 3.05) is 18.5 Å². The third-order valence-electron chi connectivity index (χ3n) is 3.14. The van der Waals surface area contributed by atoms with Crippen molar-refractivity contribution >= 4 is 16.5 Å². The predicted octanol–water partition coefficient (Wildman–Crippen LogP) is 4.45. The van der Waals surface area contributed by atoms with Crippen molar-refractivity contribution in [1.82, 2.24) is 10.2 Å². The highest BCUT2D eigenvalue weighted by Gasteiger charge is 2.11. The number of hydrogen-bond acceptors (Lipinski definition) is 5. The topological polar surface area (TPSA) is 47.0 Å². The van der Waals surface area contributed by atoms with Crippen LogP contribution in [0.25, 0.3) is 10.6 Å². The number of ether oxygens (including phenoxy) is 1. The Labute approximate surface area is 136 Å². The molecule has 0 atom stereocenters. The van der Waals surface area contributed by atoms with Crippen LogP contribution < -0.4 is 10.1 Å². The quantitative estimate of drug-likeness (QED) is 0.766. The second-order valence-corrected chi connectivity index (χ2v) is 6.70. The van der Waals surface area contributed by atoms with E-state index in [0.29, 0.717) is 12.5 Å². The summed E-state index contributed by atoms with van der Waals surface area (Å²) < 4.78 is 5.71. The van der Waals surface area contributed by atoms with E-state index >= 15 is 0 Å². The molecule has 1 heterocycles. The molecule has 0 bridgehead atoms. The third-order valence-corrected chi connectivity index (χ3v) is 4.07. The lowest BCUT2D eigenvalue weighted by Gasteiger charge is -2.11. The number of nitrogens with zero attached hydrogens (tertiary/aromatic N) is 2. The van der Waals surface area contributed by atoms with Crippen molar-refractivity contribution in [3.05, 3.63) is 35.9 Å². The number of aromatic nitrogens is 2. The van der Waals surface area contributed by atoms with E-state index in [-0.39, 0.29) is 0 Å². The zero-order chi connectivity index (χ0) is 16.1. The molecule has 0 saturated heterocycles. The molecule has 5 heteroatoms. The monoisotopic (exact) mass is 317 g/mol. The van der Waals surface area contributed by atoms with Gasteiger partial charge in [-0.15, -0.1) is 10.2 Å². The van der Waals surface area contributed by atoms with Crippen molar-refractivity contribution in [3.63, 3.8) is 0 Å². The average Bonchev–Trinajstić information content (AvgIpc) is 2.93. The molecular formula is C17H23N3OS. The highest BCUT2D eigenvalue weighted by atomic mass is 32.1. The fraction of sp³-hybridized carbons (Fsp3) is 0.412. The average molecular weight is 317 g/mol. The summed E-state index contributed by atoms with van der Waals surface area (Å²) in [6.07, 6.45) is 1.75. The van der Waals surface area contributed by atoms with E-state index in [4.69, 9.17) is 4.74 Å². The SMILES string of the molecule is C=CCOc1c(C)cc(-c2nnc(NCC(C)C)s2)cc1C. The largest absolute Gasteiger partial charge is 0.489 e. The van der Waals surface area contributed by atoms with Gasteiger partial charge >= 0.3 is 0 Å². The first kappa shape index (κ1) is 16.5. The summed E-state index contributed by atoms with van der Waals surface area (Å²) in [6, 6.07) is 4.19. The Balaban J connectivity index is 2.20. The Bertz CT molecular complexity index is 626. The fourth-order valence-electron chi connectivity index (χ4n) is 2.15. The standard InChI is InChI=1S/C17H23N3OS/c1-6-7-21-15-12(4)8-14(9-13(15)5)16-19-20-17(22-16)18-10-11(2)3/h6,8-9,11H,1,7,10H2,2-5H3,(H,18,20). The van der Waals surface area contributed by atoms with Crippen LogP contribution in [0.4, 0.5) is 5.13 Å². The molecular weight excluding hydrogens is 294 g/mol. The normalized spacial score (nSPS) is 10.8. The maximum Gasteiger partial charge on any atom is 0.206 e. The molecule has 0 aliphatic rings. The number of hydrogen-bond donors (Lipinski definition) is 1. The third kappa shape index (κ3) is 4.07. The summed E-state index contributed by atoms with van der Waals surface area (Å²) in [5, 5.41) is 13.6. The fourth-order valence-corrected chi connectivity index (χ4v) is 2.88. The first-order valence-electron chi connectivity index (χ1n) is 7.44. The van der Waals surface area contributed by atoms with Gasteiger partial charge in [-0.25, -0.2) is 0 Å². The van der Waals surface area contributed by atoms with Gasteiger partial charge in [0.15, 0.2) is 0 Å². The first-order valence-corrected chi connectivity index (χ1v) is 8.25. The summed E-state index contributed by atoms with van der Waals surface area (Å²) in [5.41, 5.74) is 3.28.